The summed E-state index contributed by atoms with van der Waals surface area (Å²) in [6.45, 7) is 3.80. The number of hydrogen-bond acceptors (Lipinski definition) is 5. The fourth-order valence-corrected chi connectivity index (χ4v) is 4.21. The van der Waals surface area contributed by atoms with Gasteiger partial charge in [-0.2, -0.15) is 0 Å². The van der Waals surface area contributed by atoms with Gasteiger partial charge in [-0.3, -0.25) is 4.79 Å². The van der Waals surface area contributed by atoms with E-state index in [1.165, 1.54) is 11.3 Å². The van der Waals surface area contributed by atoms with Gasteiger partial charge in [-0.05, 0) is 42.3 Å². The van der Waals surface area contributed by atoms with E-state index >= 15 is 0 Å². The molecule has 27 heavy (non-hydrogen) atoms. The van der Waals surface area contributed by atoms with Crippen molar-refractivity contribution in [2.75, 3.05) is 14.2 Å². The van der Waals surface area contributed by atoms with Crippen LogP contribution in [0.2, 0.25) is 0 Å². The van der Waals surface area contributed by atoms with Gasteiger partial charge in [0.15, 0.2) is 16.5 Å². The number of rotatable bonds is 5. The van der Waals surface area contributed by atoms with Crippen LogP contribution in [-0.2, 0) is 6.42 Å². The van der Waals surface area contributed by atoms with Gasteiger partial charge in [-0.15, -0.1) is 6.58 Å². The van der Waals surface area contributed by atoms with Crippen molar-refractivity contribution in [3.8, 4) is 11.5 Å². The van der Waals surface area contributed by atoms with E-state index in [0.717, 1.165) is 22.2 Å². The molecule has 4 rings (SSSR count). The number of nitrogens with zero attached hydrogens (tertiary/aromatic N) is 2. The number of ether oxygens (including phenoxy) is 2. The molecule has 0 radical (unpaired) electrons. The number of benzene rings is 2. The Hall–Kier alpha value is -3.12. The molecule has 0 atom stereocenters. The SMILES string of the molecule is C=CCc1cc(/C=c2\sc3nc4ccccc4n3c2=O)cc(OC)c1OC. The summed E-state index contributed by atoms with van der Waals surface area (Å²) in [6.07, 6.45) is 4.32. The van der Waals surface area contributed by atoms with Crippen LogP contribution in [-0.4, -0.2) is 23.6 Å². The topological polar surface area (TPSA) is 52.8 Å². The number of thiazole rings is 1. The lowest BCUT2D eigenvalue weighted by atomic mass is 10.1. The summed E-state index contributed by atoms with van der Waals surface area (Å²) in [6, 6.07) is 11.5. The molecule has 4 aromatic rings. The van der Waals surface area contributed by atoms with Crippen molar-refractivity contribution in [1.82, 2.24) is 9.38 Å². The van der Waals surface area contributed by atoms with Crippen LogP contribution in [0.15, 0.2) is 53.8 Å². The first-order valence-corrected chi connectivity index (χ1v) is 9.25. The van der Waals surface area contributed by atoms with Crippen molar-refractivity contribution in [3.63, 3.8) is 0 Å². The molecular formula is C21H18N2O3S. The molecule has 0 saturated heterocycles. The Kier molecular flexibility index (Phi) is 4.41. The molecule has 0 aliphatic carbocycles. The maximum Gasteiger partial charge on any atom is 0.274 e. The fourth-order valence-electron chi connectivity index (χ4n) is 3.22. The molecule has 0 aliphatic heterocycles. The Balaban J connectivity index is 1.93. The zero-order valence-electron chi connectivity index (χ0n) is 15.1. The normalized spacial score (nSPS) is 12.0. The largest absolute Gasteiger partial charge is 0.493 e. The van der Waals surface area contributed by atoms with E-state index in [2.05, 4.69) is 11.6 Å². The third kappa shape index (κ3) is 2.88. The lowest BCUT2D eigenvalue weighted by molar-refractivity contribution is 0.352. The highest BCUT2D eigenvalue weighted by Crippen LogP contribution is 2.33. The Morgan fingerprint density at radius 1 is 1.22 bits per heavy atom. The quantitative estimate of drug-likeness (QED) is 0.501. The molecule has 5 nitrogen and oxygen atoms in total. The summed E-state index contributed by atoms with van der Waals surface area (Å²) in [7, 11) is 3.21. The summed E-state index contributed by atoms with van der Waals surface area (Å²) in [5.41, 5.74) is 3.41. The molecule has 2 aromatic heterocycles. The number of hydrogen-bond donors (Lipinski definition) is 0. The lowest BCUT2D eigenvalue weighted by Gasteiger charge is -2.13. The van der Waals surface area contributed by atoms with Crippen molar-refractivity contribution >= 4 is 33.4 Å². The number of fused-ring (bicyclic) bond motifs is 3. The number of imidazole rings is 1. The van der Waals surface area contributed by atoms with Crippen LogP contribution in [0.4, 0.5) is 0 Å². The minimum absolute atomic E-state index is 0.0660. The second-order valence-electron chi connectivity index (χ2n) is 6.04. The van der Waals surface area contributed by atoms with Gasteiger partial charge in [0.05, 0.1) is 29.8 Å². The second-order valence-corrected chi connectivity index (χ2v) is 7.05. The van der Waals surface area contributed by atoms with Crippen molar-refractivity contribution < 1.29 is 9.47 Å². The Morgan fingerprint density at radius 3 is 2.78 bits per heavy atom. The van der Waals surface area contributed by atoms with Crippen LogP contribution in [0.1, 0.15) is 11.1 Å². The second kappa shape index (κ2) is 6.89. The molecular weight excluding hydrogens is 360 g/mol. The molecule has 2 aromatic carbocycles. The van der Waals surface area contributed by atoms with E-state index in [1.54, 1.807) is 18.6 Å². The number of aromatic nitrogens is 2. The van der Waals surface area contributed by atoms with E-state index < -0.39 is 0 Å². The smallest absolute Gasteiger partial charge is 0.274 e. The van der Waals surface area contributed by atoms with Gasteiger partial charge in [0.1, 0.15) is 0 Å². The molecule has 0 bridgehead atoms. The summed E-state index contributed by atoms with van der Waals surface area (Å²) in [5, 5.41) is 0. The fraction of sp³-hybridized carbons (Fsp3) is 0.143. The maximum absolute atomic E-state index is 12.9. The zero-order chi connectivity index (χ0) is 19.0. The van der Waals surface area contributed by atoms with E-state index in [-0.39, 0.29) is 5.56 Å². The lowest BCUT2D eigenvalue weighted by Crippen LogP contribution is -2.22. The number of allylic oxidation sites excluding steroid dienone is 1. The Morgan fingerprint density at radius 2 is 2.04 bits per heavy atom. The van der Waals surface area contributed by atoms with Crippen LogP contribution in [0.5, 0.6) is 11.5 Å². The maximum atomic E-state index is 12.9. The van der Waals surface area contributed by atoms with Gasteiger partial charge in [-0.25, -0.2) is 9.38 Å². The van der Waals surface area contributed by atoms with Crippen LogP contribution in [0, 0.1) is 0 Å². The third-order valence-corrected chi connectivity index (χ3v) is 5.35. The van der Waals surface area contributed by atoms with Gasteiger partial charge in [-0.1, -0.05) is 29.5 Å². The highest BCUT2D eigenvalue weighted by atomic mass is 32.1. The summed E-state index contributed by atoms with van der Waals surface area (Å²) in [5.74, 6) is 1.31. The van der Waals surface area contributed by atoms with Crippen LogP contribution in [0.3, 0.4) is 0 Å². The van der Waals surface area contributed by atoms with E-state index in [9.17, 15) is 4.79 Å². The predicted octanol–water partition coefficient (Wildman–Crippen LogP) is 3.20. The molecule has 0 unspecified atom stereocenters. The summed E-state index contributed by atoms with van der Waals surface area (Å²) < 4.78 is 13.2. The molecule has 136 valence electrons. The standard InChI is InChI=1S/C21H18N2O3S/c1-4-7-14-10-13(11-17(25-2)19(14)26-3)12-18-20(24)23-16-9-6-5-8-15(16)22-21(23)27-18/h4-6,8-12H,1,7H2,2-3H3/b18-12-. The summed E-state index contributed by atoms with van der Waals surface area (Å²) >= 11 is 1.38. The van der Waals surface area contributed by atoms with E-state index in [0.29, 0.717) is 27.4 Å². The molecule has 0 amide bonds. The molecule has 0 fully saturated rings. The third-order valence-electron chi connectivity index (χ3n) is 4.39. The predicted molar refractivity (Wildman–Crippen MR) is 109 cm³/mol. The van der Waals surface area contributed by atoms with E-state index in [1.807, 2.05) is 48.6 Å². The molecule has 0 N–H and O–H groups in total. The van der Waals surface area contributed by atoms with Crippen LogP contribution in [0.25, 0.3) is 22.1 Å². The van der Waals surface area contributed by atoms with Crippen molar-refractivity contribution in [1.29, 1.82) is 0 Å². The number of para-hydroxylation sites is 2. The monoisotopic (exact) mass is 378 g/mol. The minimum atomic E-state index is -0.0660. The van der Waals surface area contributed by atoms with Gasteiger partial charge in [0, 0.05) is 5.56 Å². The van der Waals surface area contributed by atoms with E-state index in [4.69, 9.17) is 9.47 Å². The first-order chi connectivity index (χ1) is 13.2. The first kappa shape index (κ1) is 17.3. The summed E-state index contributed by atoms with van der Waals surface area (Å²) in [4.78, 5) is 18.2. The highest BCUT2D eigenvalue weighted by Gasteiger charge is 2.13. The van der Waals surface area contributed by atoms with Gasteiger partial charge >= 0.3 is 0 Å². The van der Waals surface area contributed by atoms with Gasteiger partial charge in [0.25, 0.3) is 5.56 Å². The molecule has 6 heteroatoms. The molecule has 0 spiro atoms. The minimum Gasteiger partial charge on any atom is -0.493 e. The highest BCUT2D eigenvalue weighted by molar-refractivity contribution is 7.15. The van der Waals surface area contributed by atoms with Crippen molar-refractivity contribution in [3.05, 3.63) is 75.1 Å². The van der Waals surface area contributed by atoms with Gasteiger partial charge in [0.2, 0.25) is 0 Å². The molecule has 2 heterocycles. The van der Waals surface area contributed by atoms with Crippen LogP contribution >= 0.6 is 11.3 Å². The van der Waals surface area contributed by atoms with Crippen molar-refractivity contribution in [2.45, 2.75) is 6.42 Å². The molecule has 0 saturated carbocycles. The van der Waals surface area contributed by atoms with Gasteiger partial charge < -0.3 is 9.47 Å². The number of methoxy groups -OCH3 is 2. The molecule has 0 aliphatic rings. The van der Waals surface area contributed by atoms with Crippen molar-refractivity contribution in [2.24, 2.45) is 0 Å². The first-order valence-electron chi connectivity index (χ1n) is 8.43. The zero-order valence-corrected chi connectivity index (χ0v) is 15.9. The Labute approximate surface area is 159 Å². The average molecular weight is 378 g/mol. The Bertz CT molecular complexity index is 1270. The van der Waals surface area contributed by atoms with Crippen LogP contribution < -0.4 is 19.6 Å². The average Bonchev–Trinajstić information content (AvgIpc) is 3.18.